The van der Waals surface area contributed by atoms with Crippen molar-refractivity contribution >= 4 is 17.9 Å². The van der Waals surface area contributed by atoms with Gasteiger partial charge >= 0.3 is 6.09 Å². The number of hydrogen-bond acceptors (Lipinski definition) is 4. The molecule has 0 spiro atoms. The van der Waals surface area contributed by atoms with Crippen molar-refractivity contribution in [3.05, 3.63) is 35.4 Å². The molecule has 3 amide bonds. The van der Waals surface area contributed by atoms with E-state index in [1.165, 1.54) is 0 Å². The molecule has 2 unspecified atom stereocenters. The van der Waals surface area contributed by atoms with Gasteiger partial charge in [0, 0.05) is 23.7 Å². The van der Waals surface area contributed by atoms with E-state index in [2.05, 4.69) is 29.5 Å². The molecule has 0 fully saturated rings. The molecule has 7 nitrogen and oxygen atoms in total. The monoisotopic (exact) mass is 481 g/mol. The summed E-state index contributed by atoms with van der Waals surface area (Å²) in [4.78, 5) is 40.5. The summed E-state index contributed by atoms with van der Waals surface area (Å²) < 4.78 is 5.34. The van der Waals surface area contributed by atoms with Gasteiger partial charge in [0.1, 0.15) is 17.7 Å². The Kier molecular flexibility index (Phi) is 11.9. The topological polar surface area (TPSA) is 87.7 Å². The van der Waals surface area contributed by atoms with Gasteiger partial charge in [-0.05, 0) is 45.6 Å². The highest BCUT2D eigenvalue weighted by Gasteiger charge is 2.36. The van der Waals surface area contributed by atoms with Crippen LogP contribution in [0.3, 0.4) is 0 Å². The SMILES string of the molecule is C#Cc1ccccc1C(C(=O)NCCCCC)N(C#C)C(=O)C(CC(C)C)NC(=O)OC(C)(C)C. The molecule has 190 valence electrons. The Hall–Kier alpha value is -3.45. The lowest BCUT2D eigenvalue weighted by molar-refractivity contribution is -0.138. The molecule has 0 aliphatic carbocycles. The lowest BCUT2D eigenvalue weighted by Crippen LogP contribution is -2.52. The minimum absolute atomic E-state index is 0.0535. The predicted octanol–water partition coefficient (Wildman–Crippen LogP) is 4.37. The third kappa shape index (κ3) is 9.74. The van der Waals surface area contributed by atoms with E-state index >= 15 is 0 Å². The van der Waals surface area contributed by atoms with Crippen LogP contribution in [0.4, 0.5) is 4.79 Å². The summed E-state index contributed by atoms with van der Waals surface area (Å²) in [6.45, 7) is 11.5. The second-order valence-corrected chi connectivity index (χ2v) is 9.80. The number of nitrogens with zero attached hydrogens (tertiary/aromatic N) is 1. The molecular formula is C28H39N3O4. The molecule has 0 radical (unpaired) electrons. The summed E-state index contributed by atoms with van der Waals surface area (Å²) >= 11 is 0. The fourth-order valence-electron chi connectivity index (χ4n) is 3.52. The Morgan fingerprint density at radius 3 is 2.31 bits per heavy atom. The van der Waals surface area contributed by atoms with Gasteiger partial charge in [0.05, 0.1) is 0 Å². The van der Waals surface area contributed by atoms with E-state index in [0.717, 1.165) is 24.2 Å². The van der Waals surface area contributed by atoms with Crippen LogP contribution in [0.15, 0.2) is 24.3 Å². The van der Waals surface area contributed by atoms with Crippen molar-refractivity contribution < 1.29 is 19.1 Å². The Balaban J connectivity index is 3.38. The first-order valence-electron chi connectivity index (χ1n) is 12.1. The van der Waals surface area contributed by atoms with Gasteiger partial charge in [-0.2, -0.15) is 0 Å². The Labute approximate surface area is 210 Å². The summed E-state index contributed by atoms with van der Waals surface area (Å²) in [5.74, 6) is 1.60. The fourth-order valence-corrected chi connectivity index (χ4v) is 3.52. The zero-order valence-corrected chi connectivity index (χ0v) is 21.8. The first-order valence-corrected chi connectivity index (χ1v) is 12.1. The number of unbranched alkanes of at least 4 members (excludes halogenated alkanes) is 2. The molecule has 35 heavy (non-hydrogen) atoms. The van der Waals surface area contributed by atoms with Gasteiger partial charge in [-0.3, -0.25) is 14.5 Å². The lowest BCUT2D eigenvalue weighted by Gasteiger charge is -2.31. The van der Waals surface area contributed by atoms with Crippen LogP contribution in [-0.2, 0) is 14.3 Å². The predicted molar refractivity (Wildman–Crippen MR) is 138 cm³/mol. The summed E-state index contributed by atoms with van der Waals surface area (Å²) in [6.07, 6.45) is 13.8. The first kappa shape index (κ1) is 29.6. The molecule has 1 aromatic carbocycles. The minimum atomic E-state index is -1.16. The third-order valence-electron chi connectivity index (χ3n) is 5.07. The average Bonchev–Trinajstić information content (AvgIpc) is 2.77. The maximum absolute atomic E-state index is 13.7. The van der Waals surface area contributed by atoms with Crippen LogP contribution in [0.5, 0.6) is 0 Å². The van der Waals surface area contributed by atoms with Crippen LogP contribution < -0.4 is 10.6 Å². The van der Waals surface area contributed by atoms with Gasteiger partial charge < -0.3 is 15.4 Å². The average molecular weight is 482 g/mol. The number of alkyl carbamates (subject to hydrolysis) is 1. The molecule has 7 heteroatoms. The van der Waals surface area contributed by atoms with Crippen LogP contribution in [0, 0.1) is 30.7 Å². The van der Waals surface area contributed by atoms with Crippen molar-refractivity contribution in [2.45, 2.75) is 84.9 Å². The minimum Gasteiger partial charge on any atom is -0.444 e. The summed E-state index contributed by atoms with van der Waals surface area (Å²) in [7, 11) is 0. The Bertz CT molecular complexity index is 950. The molecule has 0 saturated carbocycles. The quantitative estimate of drug-likeness (QED) is 0.279. The van der Waals surface area contributed by atoms with Gasteiger partial charge in [-0.1, -0.05) is 64.2 Å². The van der Waals surface area contributed by atoms with Crippen molar-refractivity contribution in [2.24, 2.45) is 5.92 Å². The zero-order valence-electron chi connectivity index (χ0n) is 21.8. The molecule has 0 saturated heterocycles. The van der Waals surface area contributed by atoms with Gasteiger partial charge in [-0.15, -0.1) is 6.42 Å². The molecule has 0 aliphatic heterocycles. The van der Waals surface area contributed by atoms with Crippen molar-refractivity contribution in [1.82, 2.24) is 15.5 Å². The molecule has 2 atom stereocenters. The lowest BCUT2D eigenvalue weighted by atomic mass is 9.96. The number of ether oxygens (including phenoxy) is 1. The number of nitrogens with one attached hydrogen (secondary N) is 2. The molecule has 0 aromatic heterocycles. The van der Waals surface area contributed by atoms with E-state index in [0.29, 0.717) is 24.1 Å². The molecule has 0 aliphatic rings. The third-order valence-corrected chi connectivity index (χ3v) is 5.07. The van der Waals surface area contributed by atoms with Crippen molar-refractivity contribution in [1.29, 1.82) is 0 Å². The van der Waals surface area contributed by atoms with Gasteiger partial charge in [0.2, 0.25) is 5.91 Å². The Morgan fingerprint density at radius 1 is 1.11 bits per heavy atom. The molecule has 2 N–H and O–H groups in total. The smallest absolute Gasteiger partial charge is 0.408 e. The summed E-state index contributed by atoms with van der Waals surface area (Å²) in [5, 5.41) is 5.51. The van der Waals surface area contributed by atoms with Crippen LogP contribution in [0.1, 0.15) is 84.4 Å². The van der Waals surface area contributed by atoms with Gasteiger partial charge in [-0.25, -0.2) is 4.79 Å². The molecule has 1 rings (SSSR count). The number of amides is 3. The van der Waals surface area contributed by atoms with E-state index < -0.39 is 35.6 Å². The molecular weight excluding hydrogens is 442 g/mol. The maximum atomic E-state index is 13.7. The Morgan fingerprint density at radius 2 is 1.77 bits per heavy atom. The molecule has 1 aromatic rings. The van der Waals surface area contributed by atoms with Crippen molar-refractivity contribution in [3.8, 4) is 24.8 Å². The maximum Gasteiger partial charge on any atom is 0.408 e. The van der Waals surface area contributed by atoms with E-state index in [1.54, 1.807) is 45.0 Å². The van der Waals surface area contributed by atoms with Gasteiger partial charge in [0.25, 0.3) is 5.91 Å². The van der Waals surface area contributed by atoms with Crippen LogP contribution >= 0.6 is 0 Å². The van der Waals surface area contributed by atoms with E-state index in [-0.39, 0.29) is 5.92 Å². The number of terminal acetylenes is 2. The zero-order chi connectivity index (χ0) is 26.6. The normalized spacial score (nSPS) is 12.6. The molecule has 0 bridgehead atoms. The fraction of sp³-hybridized carbons (Fsp3) is 0.536. The van der Waals surface area contributed by atoms with E-state index in [4.69, 9.17) is 17.6 Å². The number of rotatable bonds is 11. The number of hydrogen-bond donors (Lipinski definition) is 2. The summed E-state index contributed by atoms with van der Waals surface area (Å²) in [5.41, 5.74) is 0.151. The largest absolute Gasteiger partial charge is 0.444 e. The van der Waals surface area contributed by atoms with Crippen molar-refractivity contribution in [3.63, 3.8) is 0 Å². The highest BCUT2D eigenvalue weighted by Crippen LogP contribution is 2.26. The van der Waals surface area contributed by atoms with Gasteiger partial charge in [0.15, 0.2) is 0 Å². The summed E-state index contributed by atoms with van der Waals surface area (Å²) in [6, 6.07) is 7.08. The first-order chi connectivity index (χ1) is 16.4. The number of carbonyl (C=O) groups is 3. The van der Waals surface area contributed by atoms with Crippen molar-refractivity contribution in [2.75, 3.05) is 6.54 Å². The van der Waals surface area contributed by atoms with E-state index in [1.807, 2.05) is 13.8 Å². The molecule has 0 heterocycles. The highest BCUT2D eigenvalue weighted by molar-refractivity contribution is 5.93. The number of benzene rings is 1. The standard InChI is InChI=1S/C28H39N3O4/c1-9-12-15-18-29-25(32)24(22-17-14-13-16-21(22)10-2)31(11-3)26(33)23(19-20(4)5)30-27(34)35-28(6,7)8/h2-3,13-14,16-17,20,23-24H,9,12,15,18-19H2,1,4-8H3,(H,29,32)(H,30,34). The van der Waals surface area contributed by atoms with E-state index in [9.17, 15) is 14.4 Å². The second-order valence-electron chi connectivity index (χ2n) is 9.80. The number of carbonyl (C=O) groups excluding carboxylic acids is 3. The van der Waals surface area contributed by atoms with Crippen LogP contribution in [0.25, 0.3) is 0 Å². The van der Waals surface area contributed by atoms with Crippen LogP contribution in [-0.4, -0.2) is 41.0 Å². The second kappa shape index (κ2) is 14.1. The highest BCUT2D eigenvalue weighted by atomic mass is 16.6. The van der Waals surface area contributed by atoms with Crippen LogP contribution in [0.2, 0.25) is 0 Å².